The van der Waals surface area contributed by atoms with Gasteiger partial charge in [-0.3, -0.25) is 9.59 Å². The number of anilines is 1. The Morgan fingerprint density at radius 2 is 1.62 bits per heavy atom. The smallest absolute Gasteiger partial charge is 0.320 e. The van der Waals surface area contributed by atoms with Crippen LogP contribution in [-0.4, -0.2) is 31.7 Å². The fraction of sp³-hybridized carbons (Fsp3) is 0.467. The van der Waals surface area contributed by atoms with Crippen molar-refractivity contribution < 1.29 is 19.1 Å². The zero-order chi connectivity index (χ0) is 15.7. The van der Waals surface area contributed by atoms with Crippen LogP contribution < -0.4 is 5.32 Å². The Hall–Kier alpha value is -1.75. The molecule has 0 aliphatic rings. The molecule has 1 aromatic rings. The molecule has 0 radical (unpaired) electrons. The predicted molar refractivity (Wildman–Crippen MR) is 81.3 cm³/mol. The summed E-state index contributed by atoms with van der Waals surface area (Å²) < 4.78 is 9.81. The summed E-state index contributed by atoms with van der Waals surface area (Å²) in [7, 11) is 0. The third-order valence-electron chi connectivity index (χ3n) is 2.75. The Kier molecular flexibility index (Phi) is 7.61. The van der Waals surface area contributed by atoms with E-state index in [0.29, 0.717) is 18.0 Å². The molecule has 0 spiro atoms. The van der Waals surface area contributed by atoms with Crippen molar-refractivity contribution in [1.29, 1.82) is 0 Å². The van der Waals surface area contributed by atoms with Gasteiger partial charge in [0.25, 0.3) is 0 Å². The van der Waals surface area contributed by atoms with E-state index >= 15 is 0 Å². The molecule has 0 aromatic heterocycles. The van der Waals surface area contributed by atoms with Gasteiger partial charge in [-0.2, -0.15) is 0 Å². The molecule has 0 amide bonds. The van der Waals surface area contributed by atoms with E-state index < -0.39 is 17.9 Å². The maximum absolute atomic E-state index is 11.8. The first-order chi connectivity index (χ1) is 10.1. The average Bonchev–Trinajstić information content (AvgIpc) is 2.46. The minimum Gasteiger partial charge on any atom is -0.465 e. The topological polar surface area (TPSA) is 64.6 Å². The van der Waals surface area contributed by atoms with Gasteiger partial charge in [0, 0.05) is 17.3 Å². The maximum Gasteiger partial charge on any atom is 0.320 e. The molecule has 6 heteroatoms. The van der Waals surface area contributed by atoms with Crippen molar-refractivity contribution in [2.45, 2.75) is 20.3 Å². The van der Waals surface area contributed by atoms with Crippen LogP contribution in [0.4, 0.5) is 5.69 Å². The standard InChI is InChI=1S/C15H20ClNO4/c1-3-20-14(18)13(15(19)21-4-2)9-10-17-12-7-5-11(16)6-8-12/h5-8,13,17H,3-4,9-10H2,1-2H3. The van der Waals surface area contributed by atoms with E-state index in [1.165, 1.54) is 0 Å². The normalized spacial score (nSPS) is 10.3. The van der Waals surface area contributed by atoms with Crippen LogP contribution in [0, 0.1) is 5.92 Å². The fourth-order valence-electron chi connectivity index (χ4n) is 1.75. The summed E-state index contributed by atoms with van der Waals surface area (Å²) in [6.07, 6.45) is 0.306. The average molecular weight is 314 g/mol. The van der Waals surface area contributed by atoms with Gasteiger partial charge >= 0.3 is 11.9 Å². The summed E-state index contributed by atoms with van der Waals surface area (Å²) in [5.74, 6) is -1.99. The van der Waals surface area contributed by atoms with Crippen LogP contribution in [0.2, 0.25) is 5.02 Å². The summed E-state index contributed by atoms with van der Waals surface area (Å²) in [4.78, 5) is 23.6. The Morgan fingerprint density at radius 3 is 2.10 bits per heavy atom. The van der Waals surface area contributed by atoms with E-state index in [4.69, 9.17) is 21.1 Å². The molecule has 0 atom stereocenters. The largest absolute Gasteiger partial charge is 0.465 e. The van der Waals surface area contributed by atoms with Crippen molar-refractivity contribution >= 4 is 29.2 Å². The van der Waals surface area contributed by atoms with Gasteiger partial charge in [-0.15, -0.1) is 0 Å². The molecule has 0 heterocycles. The third-order valence-corrected chi connectivity index (χ3v) is 3.00. The van der Waals surface area contributed by atoms with E-state index in [2.05, 4.69) is 5.32 Å². The van der Waals surface area contributed by atoms with Crippen LogP contribution in [0.25, 0.3) is 0 Å². The Morgan fingerprint density at radius 1 is 1.10 bits per heavy atom. The summed E-state index contributed by atoms with van der Waals surface area (Å²) in [5.41, 5.74) is 0.867. The van der Waals surface area contributed by atoms with Crippen LogP contribution in [0.3, 0.4) is 0 Å². The molecule has 5 nitrogen and oxygen atoms in total. The number of rotatable bonds is 8. The number of nitrogens with one attached hydrogen (secondary N) is 1. The number of halogens is 1. The molecule has 0 aliphatic heterocycles. The van der Waals surface area contributed by atoms with Gasteiger partial charge in [-0.05, 0) is 44.5 Å². The van der Waals surface area contributed by atoms with Crippen LogP contribution >= 0.6 is 11.6 Å². The highest BCUT2D eigenvalue weighted by Gasteiger charge is 2.28. The van der Waals surface area contributed by atoms with Crippen molar-refractivity contribution in [2.75, 3.05) is 25.1 Å². The highest BCUT2D eigenvalue weighted by atomic mass is 35.5. The maximum atomic E-state index is 11.8. The summed E-state index contributed by atoms with van der Waals surface area (Å²) in [6, 6.07) is 7.17. The number of benzene rings is 1. The summed E-state index contributed by atoms with van der Waals surface area (Å²) in [6.45, 7) is 4.32. The number of carbonyl (C=O) groups is 2. The number of esters is 2. The summed E-state index contributed by atoms with van der Waals surface area (Å²) >= 11 is 5.80. The van der Waals surface area contributed by atoms with Gasteiger partial charge in [0.1, 0.15) is 0 Å². The van der Waals surface area contributed by atoms with Gasteiger partial charge in [-0.1, -0.05) is 11.6 Å². The Balaban J connectivity index is 2.54. The first-order valence-electron chi connectivity index (χ1n) is 6.91. The fourth-order valence-corrected chi connectivity index (χ4v) is 1.87. The second-order valence-corrected chi connectivity index (χ2v) is 4.72. The lowest BCUT2D eigenvalue weighted by molar-refractivity contribution is -0.161. The monoisotopic (exact) mass is 313 g/mol. The zero-order valence-corrected chi connectivity index (χ0v) is 13.0. The van der Waals surface area contributed by atoms with Crippen molar-refractivity contribution in [2.24, 2.45) is 5.92 Å². The van der Waals surface area contributed by atoms with Gasteiger partial charge in [0.2, 0.25) is 0 Å². The van der Waals surface area contributed by atoms with Gasteiger partial charge in [0.15, 0.2) is 5.92 Å². The molecule has 0 saturated heterocycles. The predicted octanol–water partition coefficient (Wildman–Crippen LogP) is 2.88. The lowest BCUT2D eigenvalue weighted by atomic mass is 10.1. The van der Waals surface area contributed by atoms with Crippen molar-refractivity contribution in [3.05, 3.63) is 29.3 Å². The second-order valence-electron chi connectivity index (χ2n) is 4.28. The molecule has 21 heavy (non-hydrogen) atoms. The van der Waals surface area contributed by atoms with Crippen LogP contribution in [0.5, 0.6) is 0 Å². The number of ether oxygens (including phenoxy) is 2. The highest BCUT2D eigenvalue weighted by molar-refractivity contribution is 6.30. The Bertz CT molecular complexity index is 443. The van der Waals surface area contributed by atoms with Crippen molar-refractivity contribution in [3.63, 3.8) is 0 Å². The SMILES string of the molecule is CCOC(=O)C(CCNc1ccc(Cl)cc1)C(=O)OCC. The molecule has 0 aliphatic carbocycles. The van der Waals surface area contributed by atoms with E-state index in [1.54, 1.807) is 26.0 Å². The van der Waals surface area contributed by atoms with E-state index in [0.717, 1.165) is 5.69 Å². The van der Waals surface area contributed by atoms with Gasteiger partial charge < -0.3 is 14.8 Å². The van der Waals surface area contributed by atoms with E-state index in [-0.39, 0.29) is 13.2 Å². The first kappa shape index (κ1) is 17.3. The number of hydrogen-bond acceptors (Lipinski definition) is 5. The molecule has 0 bridgehead atoms. The molecular formula is C15H20ClNO4. The summed E-state index contributed by atoms with van der Waals surface area (Å²) in [5, 5.41) is 3.77. The van der Waals surface area contributed by atoms with Crippen LogP contribution in [-0.2, 0) is 19.1 Å². The lowest BCUT2D eigenvalue weighted by Crippen LogP contribution is -2.30. The molecule has 0 unspecified atom stereocenters. The molecule has 0 fully saturated rings. The van der Waals surface area contributed by atoms with Gasteiger partial charge in [0.05, 0.1) is 13.2 Å². The minimum atomic E-state index is -0.898. The first-order valence-corrected chi connectivity index (χ1v) is 7.29. The lowest BCUT2D eigenvalue weighted by Gasteiger charge is -2.15. The molecule has 1 aromatic carbocycles. The molecule has 1 N–H and O–H groups in total. The zero-order valence-electron chi connectivity index (χ0n) is 12.2. The van der Waals surface area contributed by atoms with Crippen molar-refractivity contribution in [1.82, 2.24) is 0 Å². The number of hydrogen-bond donors (Lipinski definition) is 1. The number of carbonyl (C=O) groups excluding carboxylic acids is 2. The molecular weight excluding hydrogens is 294 g/mol. The Labute approximate surface area is 129 Å². The highest BCUT2D eigenvalue weighted by Crippen LogP contribution is 2.15. The minimum absolute atomic E-state index is 0.235. The van der Waals surface area contributed by atoms with E-state index in [1.807, 2.05) is 12.1 Å². The quantitative estimate of drug-likeness (QED) is 0.590. The van der Waals surface area contributed by atoms with Crippen LogP contribution in [0.15, 0.2) is 24.3 Å². The second kappa shape index (κ2) is 9.23. The molecule has 116 valence electrons. The third kappa shape index (κ3) is 6.04. The van der Waals surface area contributed by atoms with E-state index in [9.17, 15) is 9.59 Å². The molecule has 1 rings (SSSR count). The van der Waals surface area contributed by atoms with Crippen molar-refractivity contribution in [3.8, 4) is 0 Å². The molecule has 0 saturated carbocycles. The van der Waals surface area contributed by atoms with Gasteiger partial charge in [-0.25, -0.2) is 0 Å². The van der Waals surface area contributed by atoms with Crippen LogP contribution in [0.1, 0.15) is 20.3 Å².